The lowest BCUT2D eigenvalue weighted by molar-refractivity contribution is -0.248. The highest BCUT2D eigenvalue weighted by atomic mass is 16.5. The van der Waals surface area contributed by atoms with Crippen molar-refractivity contribution in [3.63, 3.8) is 0 Å². The summed E-state index contributed by atoms with van der Waals surface area (Å²) in [5.74, 6) is 2.14. The summed E-state index contributed by atoms with van der Waals surface area (Å²) in [6, 6.07) is -1.79. The van der Waals surface area contributed by atoms with Crippen molar-refractivity contribution in [3.05, 3.63) is 12.2 Å². The van der Waals surface area contributed by atoms with Crippen molar-refractivity contribution in [3.8, 4) is 0 Å². The van der Waals surface area contributed by atoms with E-state index in [2.05, 4.69) is 67.3 Å². The molecule has 6 rings (SSSR count). The molecule has 11 nitrogen and oxygen atoms in total. The summed E-state index contributed by atoms with van der Waals surface area (Å²) < 4.78 is 12.5. The first-order valence-electron chi connectivity index (χ1n) is 29.5. The first-order chi connectivity index (χ1) is 34.0. The minimum absolute atomic E-state index is 0.00304. The van der Waals surface area contributed by atoms with Crippen molar-refractivity contribution in [2.45, 2.75) is 235 Å². The Morgan fingerprint density at radius 2 is 1.48 bits per heavy atom. The number of ether oxygens (including phenoxy) is 2. The zero-order valence-electron chi connectivity index (χ0n) is 49.7. The number of fused-ring (bicyclic) bond motifs is 7. The maximum atomic E-state index is 14.8. The van der Waals surface area contributed by atoms with Gasteiger partial charge in [-0.25, -0.2) is 0 Å². The highest BCUT2D eigenvalue weighted by molar-refractivity contribution is 5.90. The van der Waals surface area contributed by atoms with Crippen molar-refractivity contribution in [2.24, 2.45) is 80.3 Å². The van der Waals surface area contributed by atoms with Crippen LogP contribution in [0.15, 0.2) is 12.2 Å². The average Bonchev–Trinajstić information content (AvgIpc) is 3.97. The molecular weight excluding hydrogens is 913 g/mol. The number of likely N-dealkylation sites (tertiary alicyclic amines) is 1. The molecule has 6 fully saturated rings. The number of aliphatic hydroxyl groups excluding tert-OH is 1. The van der Waals surface area contributed by atoms with Gasteiger partial charge in [-0.15, -0.1) is 0 Å². The summed E-state index contributed by atoms with van der Waals surface area (Å²) in [4.78, 5) is 63.1. The molecule has 1 heterocycles. The SMILES string of the molecule is C=C(C)C1CC[C@]2(CCC(=O)[C@H](C)[C@@H](OC)C3CCCN3C(=O)C[C@@H](OC)[C@H]([C@@H](C)CC)N(C)C(=O)C(NC(=O)[C@H](C(C)C)N(C)C)C(C)C)CC[C@]3(C)C(CCC4[C@@]5(C)CC[C@H](O)C(C)(C)C5CC[C@]43C)C12. The van der Waals surface area contributed by atoms with E-state index in [0.717, 1.165) is 51.4 Å². The van der Waals surface area contributed by atoms with Gasteiger partial charge in [0.2, 0.25) is 17.7 Å². The van der Waals surface area contributed by atoms with Gasteiger partial charge < -0.3 is 29.7 Å². The fourth-order valence-corrected chi connectivity index (χ4v) is 18.7. The second-order valence-electron chi connectivity index (χ2n) is 27.9. The third kappa shape index (κ3) is 10.7. The summed E-state index contributed by atoms with van der Waals surface area (Å²) in [6.07, 6.45) is 14.3. The van der Waals surface area contributed by atoms with Gasteiger partial charge in [0.1, 0.15) is 11.8 Å². The van der Waals surface area contributed by atoms with E-state index in [1.807, 2.05) is 58.5 Å². The Balaban J connectivity index is 1.15. The number of Topliss-reactive ketones (excluding diaryl/α,β-unsaturated/α-hetero) is 1. The van der Waals surface area contributed by atoms with Crippen molar-refractivity contribution >= 4 is 23.5 Å². The Labute approximate surface area is 445 Å². The van der Waals surface area contributed by atoms with Crippen LogP contribution in [0.1, 0.15) is 193 Å². The van der Waals surface area contributed by atoms with Gasteiger partial charge in [-0.3, -0.25) is 24.1 Å². The van der Waals surface area contributed by atoms with Crippen LogP contribution in [0.25, 0.3) is 0 Å². The highest BCUT2D eigenvalue weighted by Gasteiger charge is 2.71. The molecule has 0 aromatic heterocycles. The van der Waals surface area contributed by atoms with Crippen LogP contribution in [0.4, 0.5) is 0 Å². The normalized spacial score (nSPS) is 36.7. The second-order valence-corrected chi connectivity index (χ2v) is 27.9. The Bertz CT molecular complexity index is 1960. The number of carbonyl (C=O) groups is 4. The smallest absolute Gasteiger partial charge is 0.245 e. The molecule has 11 heteroatoms. The van der Waals surface area contributed by atoms with Gasteiger partial charge in [0, 0.05) is 40.2 Å². The Hall–Kier alpha value is -2.34. The number of likely N-dealkylation sites (N-methyl/N-ethyl adjacent to an activating group) is 2. The lowest BCUT2D eigenvalue weighted by Gasteiger charge is -2.73. The molecule has 0 spiro atoms. The van der Waals surface area contributed by atoms with Crippen LogP contribution in [-0.4, -0.2) is 128 Å². The Kier molecular flexibility index (Phi) is 18.8. The van der Waals surface area contributed by atoms with Crippen LogP contribution in [-0.2, 0) is 28.7 Å². The number of carbonyl (C=O) groups excluding carboxylic acids is 4. The maximum absolute atomic E-state index is 14.8. The number of rotatable bonds is 21. The summed E-state index contributed by atoms with van der Waals surface area (Å²) >= 11 is 0. The topological polar surface area (TPSA) is 129 Å². The molecule has 418 valence electrons. The standard InChI is InChI=1S/C62H108N4O7/c1-20-40(8)54(65(17)57(71)52(38(4)5)63-56(70)53(39(6)7)64(15)16)46(72-18)36-50(69)66-35-21-22-44(66)55(73-19)41(9)45(67)26-32-62-31-25-42(37(2)3)51(62)43-23-24-48-59(12)29-28-49(68)58(10,11)47(59)27-30-61(48,14)60(43,13)33-34-62/h38-44,46-49,51-55,68H,2,20-36H2,1,3-19H3,(H,63,70)/t40-,41-,42?,43?,44?,46+,47?,48?,49-,51?,52?,53-,54-,55+,59-,60+,61+,62-/m0/s1. The van der Waals surface area contributed by atoms with Crippen molar-refractivity contribution < 1.29 is 33.8 Å². The number of nitrogens with one attached hydrogen (secondary N) is 1. The lowest BCUT2D eigenvalue weighted by Crippen LogP contribution is -2.66. The summed E-state index contributed by atoms with van der Waals surface area (Å²) in [7, 11) is 8.88. The van der Waals surface area contributed by atoms with E-state index in [9.17, 15) is 24.3 Å². The van der Waals surface area contributed by atoms with Crippen LogP contribution < -0.4 is 5.32 Å². The number of allylic oxidation sites excluding steroid dienone is 1. The van der Waals surface area contributed by atoms with E-state index in [1.54, 1.807) is 26.2 Å². The molecule has 73 heavy (non-hydrogen) atoms. The third-order valence-electron chi connectivity index (χ3n) is 23.1. The van der Waals surface area contributed by atoms with Gasteiger partial charge in [-0.2, -0.15) is 0 Å². The average molecular weight is 1020 g/mol. The Morgan fingerprint density at radius 3 is 2.05 bits per heavy atom. The molecule has 0 aromatic carbocycles. The molecule has 0 radical (unpaired) electrons. The summed E-state index contributed by atoms with van der Waals surface area (Å²) in [6.45, 7) is 34.3. The number of methoxy groups -OCH3 is 2. The fourth-order valence-electron chi connectivity index (χ4n) is 18.7. The van der Waals surface area contributed by atoms with Crippen LogP contribution in [0, 0.1) is 80.3 Å². The van der Waals surface area contributed by atoms with Gasteiger partial charge in [0.25, 0.3) is 0 Å². The van der Waals surface area contributed by atoms with Gasteiger partial charge in [-0.05, 0) is 179 Å². The quantitative estimate of drug-likeness (QED) is 0.109. The number of aliphatic hydroxyl groups is 1. The van der Waals surface area contributed by atoms with Crippen LogP contribution >= 0.6 is 0 Å². The van der Waals surface area contributed by atoms with Gasteiger partial charge in [0.05, 0.1) is 42.9 Å². The van der Waals surface area contributed by atoms with E-state index in [0.29, 0.717) is 42.6 Å². The highest BCUT2D eigenvalue weighted by Crippen LogP contribution is 2.78. The van der Waals surface area contributed by atoms with Crippen LogP contribution in [0.5, 0.6) is 0 Å². The summed E-state index contributed by atoms with van der Waals surface area (Å²) in [5.41, 5.74) is 2.06. The van der Waals surface area contributed by atoms with Crippen LogP contribution in [0.3, 0.4) is 0 Å². The van der Waals surface area contributed by atoms with E-state index in [1.165, 1.54) is 44.1 Å². The third-order valence-corrected chi connectivity index (χ3v) is 23.1. The van der Waals surface area contributed by atoms with Crippen molar-refractivity contribution in [1.29, 1.82) is 0 Å². The zero-order valence-corrected chi connectivity index (χ0v) is 49.7. The number of amides is 3. The second kappa shape index (κ2) is 22.9. The van der Waals surface area contributed by atoms with E-state index in [-0.39, 0.29) is 98.9 Å². The first-order valence-corrected chi connectivity index (χ1v) is 29.5. The van der Waals surface area contributed by atoms with Crippen molar-refractivity contribution in [2.75, 3.05) is 41.9 Å². The number of hydrogen-bond donors (Lipinski definition) is 2. The largest absolute Gasteiger partial charge is 0.393 e. The van der Waals surface area contributed by atoms with Crippen molar-refractivity contribution in [1.82, 2.24) is 20.0 Å². The number of nitrogens with zero attached hydrogens (tertiary/aromatic N) is 3. The van der Waals surface area contributed by atoms with Gasteiger partial charge in [-0.1, -0.05) is 102 Å². The lowest BCUT2D eigenvalue weighted by atomic mass is 9.32. The molecule has 5 aliphatic carbocycles. The van der Waals surface area contributed by atoms with Gasteiger partial charge >= 0.3 is 0 Å². The minimum atomic E-state index is -0.744. The van der Waals surface area contributed by atoms with E-state index >= 15 is 0 Å². The maximum Gasteiger partial charge on any atom is 0.245 e. The molecule has 18 atom stereocenters. The van der Waals surface area contributed by atoms with E-state index < -0.39 is 24.3 Å². The first kappa shape index (κ1) is 59.9. The summed E-state index contributed by atoms with van der Waals surface area (Å²) in [5, 5.41) is 14.4. The van der Waals surface area contributed by atoms with Crippen LogP contribution in [0.2, 0.25) is 0 Å². The predicted octanol–water partition coefficient (Wildman–Crippen LogP) is 11.0. The molecule has 5 saturated carbocycles. The Morgan fingerprint density at radius 1 is 0.808 bits per heavy atom. The molecule has 1 aliphatic heterocycles. The molecule has 0 bridgehead atoms. The molecular formula is C62H108N4O7. The van der Waals surface area contributed by atoms with E-state index in [4.69, 9.17) is 9.47 Å². The fraction of sp³-hybridized carbons (Fsp3) is 0.903. The molecule has 1 saturated heterocycles. The number of ketones is 1. The monoisotopic (exact) mass is 1020 g/mol. The molecule has 2 N–H and O–H groups in total. The zero-order chi connectivity index (χ0) is 54.5. The molecule has 7 unspecified atom stereocenters. The molecule has 6 aliphatic rings. The molecule has 0 aromatic rings. The predicted molar refractivity (Wildman–Crippen MR) is 294 cm³/mol. The minimum Gasteiger partial charge on any atom is -0.393 e. The molecule has 3 amide bonds. The van der Waals surface area contributed by atoms with Gasteiger partial charge in [0.15, 0.2) is 0 Å². The number of hydrogen-bond acceptors (Lipinski definition) is 8.